The zero-order chi connectivity index (χ0) is 20.7. The minimum absolute atomic E-state index is 0.126. The molecule has 1 aromatic rings. The van der Waals surface area contributed by atoms with Crippen LogP contribution in [0.1, 0.15) is 38.3 Å². The lowest BCUT2D eigenvalue weighted by Gasteiger charge is -2.27. The first kappa shape index (κ1) is 23.6. The summed E-state index contributed by atoms with van der Waals surface area (Å²) >= 11 is 6.39. The van der Waals surface area contributed by atoms with E-state index in [0.29, 0.717) is 6.54 Å². The average Bonchev–Trinajstić information content (AvgIpc) is 2.54. The van der Waals surface area contributed by atoms with Crippen molar-refractivity contribution in [3.8, 4) is 0 Å². The van der Waals surface area contributed by atoms with Crippen LogP contribution in [-0.2, 0) is 17.6 Å². The number of rotatable bonds is 5. The van der Waals surface area contributed by atoms with Gasteiger partial charge in [0.05, 0.1) is 10.7 Å². The van der Waals surface area contributed by atoms with Crippen LogP contribution in [0.4, 0.5) is 18.9 Å². The Hall–Kier alpha value is -1.47. The van der Waals surface area contributed by atoms with E-state index in [0.717, 1.165) is 49.5 Å². The Bertz CT molecular complexity index is 616. The number of nitrogens with one attached hydrogen (secondary N) is 1. The van der Waals surface area contributed by atoms with Crippen LogP contribution >= 0.6 is 11.6 Å². The van der Waals surface area contributed by atoms with E-state index >= 15 is 0 Å². The molecule has 27 heavy (non-hydrogen) atoms. The first-order valence-corrected chi connectivity index (χ1v) is 9.25. The summed E-state index contributed by atoms with van der Waals surface area (Å²) in [4.78, 5) is 12.8. The number of anilines is 1. The molecule has 0 atom stereocenters. The highest BCUT2D eigenvalue weighted by Gasteiger charge is 2.20. The SMILES string of the molecule is CC(C)(CO)CNc1c(Cl)ccc2c1CCCN(C=O)CC2.CC(F)(F)F. The van der Waals surface area contributed by atoms with Crippen LogP contribution in [-0.4, -0.2) is 48.8 Å². The van der Waals surface area contributed by atoms with Crippen LogP contribution in [0, 0.1) is 5.41 Å². The Morgan fingerprint density at radius 2 is 1.85 bits per heavy atom. The lowest BCUT2D eigenvalue weighted by atomic mass is 9.93. The van der Waals surface area contributed by atoms with Crippen molar-refractivity contribution in [2.75, 3.05) is 31.6 Å². The van der Waals surface area contributed by atoms with Crippen molar-refractivity contribution in [3.05, 3.63) is 28.3 Å². The third-order valence-corrected chi connectivity index (χ3v) is 4.54. The molecule has 4 nitrogen and oxygen atoms in total. The number of carbonyl (C=O) groups is 1. The van der Waals surface area contributed by atoms with Crippen molar-refractivity contribution >= 4 is 23.7 Å². The summed E-state index contributed by atoms with van der Waals surface area (Å²) in [5.74, 6) is 0. The van der Waals surface area contributed by atoms with Gasteiger partial charge in [-0.25, -0.2) is 0 Å². The van der Waals surface area contributed by atoms with Crippen molar-refractivity contribution in [3.63, 3.8) is 0 Å². The molecular formula is C19H28ClF3N2O2. The number of halogens is 4. The van der Waals surface area contributed by atoms with Crippen LogP contribution < -0.4 is 5.32 Å². The van der Waals surface area contributed by atoms with Gasteiger partial charge in [-0.3, -0.25) is 4.79 Å². The van der Waals surface area contributed by atoms with Gasteiger partial charge in [0.15, 0.2) is 0 Å². The highest BCUT2D eigenvalue weighted by atomic mass is 35.5. The van der Waals surface area contributed by atoms with Crippen LogP contribution in [0.5, 0.6) is 0 Å². The standard InChI is InChI=1S/C17H25ClN2O2.C2H3F3/c1-17(2,11-21)10-19-16-14-4-3-8-20(12-22)9-7-13(14)5-6-15(16)18;1-2(3,4)5/h5-6,12,19,21H,3-4,7-11H2,1-2H3;1H3. The molecule has 8 heteroatoms. The molecule has 0 spiro atoms. The largest absolute Gasteiger partial charge is 0.396 e. The summed E-state index contributed by atoms with van der Waals surface area (Å²) in [6.07, 6.45) is -0.376. The van der Waals surface area contributed by atoms with E-state index in [9.17, 15) is 23.1 Å². The van der Waals surface area contributed by atoms with Crippen molar-refractivity contribution in [1.29, 1.82) is 0 Å². The second-order valence-electron chi connectivity index (χ2n) is 7.51. The van der Waals surface area contributed by atoms with Crippen molar-refractivity contribution in [2.24, 2.45) is 5.41 Å². The van der Waals surface area contributed by atoms with Gasteiger partial charge >= 0.3 is 6.18 Å². The molecule has 0 aliphatic carbocycles. The molecule has 1 aliphatic heterocycles. The molecule has 2 rings (SSSR count). The van der Waals surface area contributed by atoms with E-state index < -0.39 is 6.18 Å². The molecule has 1 amide bonds. The molecule has 0 unspecified atom stereocenters. The quantitative estimate of drug-likeness (QED) is 0.715. The number of hydrogen-bond acceptors (Lipinski definition) is 3. The molecule has 0 saturated heterocycles. The maximum Gasteiger partial charge on any atom is 0.386 e. The minimum Gasteiger partial charge on any atom is -0.396 e. The number of aliphatic hydroxyl groups is 1. The van der Waals surface area contributed by atoms with E-state index in [-0.39, 0.29) is 18.9 Å². The van der Waals surface area contributed by atoms with Gasteiger partial charge in [0, 0.05) is 38.6 Å². The highest BCUT2D eigenvalue weighted by Crippen LogP contribution is 2.32. The molecule has 1 aliphatic rings. The fraction of sp³-hybridized carbons (Fsp3) is 0.632. The lowest BCUT2D eigenvalue weighted by Crippen LogP contribution is -2.29. The van der Waals surface area contributed by atoms with Gasteiger partial charge in [-0.05, 0) is 36.5 Å². The minimum atomic E-state index is -4.00. The summed E-state index contributed by atoms with van der Waals surface area (Å²) in [7, 11) is 0. The average molecular weight is 409 g/mol. The number of benzene rings is 1. The molecule has 0 saturated carbocycles. The van der Waals surface area contributed by atoms with E-state index in [2.05, 4.69) is 11.4 Å². The highest BCUT2D eigenvalue weighted by molar-refractivity contribution is 6.33. The number of amides is 1. The monoisotopic (exact) mass is 408 g/mol. The second kappa shape index (κ2) is 10.2. The number of nitrogens with zero attached hydrogens (tertiary/aromatic N) is 1. The van der Waals surface area contributed by atoms with Gasteiger partial charge in [-0.15, -0.1) is 0 Å². The number of hydrogen-bond donors (Lipinski definition) is 2. The van der Waals surface area contributed by atoms with Crippen LogP contribution in [0.2, 0.25) is 5.02 Å². The fourth-order valence-corrected chi connectivity index (χ4v) is 2.94. The third kappa shape index (κ3) is 8.84. The van der Waals surface area contributed by atoms with Crippen molar-refractivity contribution in [2.45, 2.75) is 46.2 Å². The number of aliphatic hydroxyl groups excluding tert-OH is 1. The van der Waals surface area contributed by atoms with Crippen molar-refractivity contribution in [1.82, 2.24) is 4.90 Å². The summed E-state index contributed by atoms with van der Waals surface area (Å²) in [6.45, 7) is 6.55. The van der Waals surface area contributed by atoms with E-state index in [4.69, 9.17) is 11.6 Å². The van der Waals surface area contributed by atoms with Gasteiger partial charge in [-0.2, -0.15) is 13.2 Å². The molecular weight excluding hydrogens is 381 g/mol. The lowest BCUT2D eigenvalue weighted by molar-refractivity contribution is -0.118. The van der Waals surface area contributed by atoms with Gasteiger partial charge in [0.1, 0.15) is 0 Å². The number of alkyl halides is 3. The summed E-state index contributed by atoms with van der Waals surface area (Å²) < 4.78 is 31.1. The predicted octanol–water partition coefficient (Wildman–Crippen LogP) is 4.29. The smallest absolute Gasteiger partial charge is 0.386 e. The first-order valence-electron chi connectivity index (χ1n) is 8.88. The molecule has 1 heterocycles. The summed E-state index contributed by atoms with van der Waals surface area (Å²) in [5.41, 5.74) is 3.30. The van der Waals surface area contributed by atoms with Gasteiger partial charge < -0.3 is 15.3 Å². The van der Waals surface area contributed by atoms with E-state index in [1.807, 2.05) is 24.8 Å². The van der Waals surface area contributed by atoms with Crippen LogP contribution in [0.3, 0.4) is 0 Å². The third-order valence-electron chi connectivity index (χ3n) is 4.22. The summed E-state index contributed by atoms with van der Waals surface area (Å²) in [5, 5.41) is 13.6. The molecule has 0 fully saturated rings. The molecule has 154 valence electrons. The molecule has 0 radical (unpaired) electrons. The van der Waals surface area contributed by atoms with Crippen LogP contribution in [0.25, 0.3) is 0 Å². The number of carbonyl (C=O) groups excluding carboxylic acids is 1. The fourth-order valence-electron chi connectivity index (χ4n) is 2.70. The zero-order valence-corrected chi connectivity index (χ0v) is 16.8. The Labute approximate surface area is 163 Å². The van der Waals surface area contributed by atoms with Gasteiger partial charge in [0.2, 0.25) is 6.41 Å². The Morgan fingerprint density at radius 3 is 2.41 bits per heavy atom. The first-order chi connectivity index (χ1) is 12.5. The Morgan fingerprint density at radius 1 is 1.22 bits per heavy atom. The maximum absolute atomic E-state index is 11.0. The molecule has 1 aromatic carbocycles. The van der Waals surface area contributed by atoms with Crippen molar-refractivity contribution < 1.29 is 23.1 Å². The predicted molar refractivity (Wildman–Crippen MR) is 102 cm³/mol. The van der Waals surface area contributed by atoms with E-state index in [1.165, 1.54) is 11.1 Å². The van der Waals surface area contributed by atoms with Gasteiger partial charge in [-0.1, -0.05) is 31.5 Å². The Balaban J connectivity index is 0.000000646. The Kier molecular flexibility index (Phi) is 8.88. The molecule has 0 aromatic heterocycles. The summed E-state index contributed by atoms with van der Waals surface area (Å²) in [6, 6.07) is 3.98. The van der Waals surface area contributed by atoms with Gasteiger partial charge in [0.25, 0.3) is 0 Å². The van der Waals surface area contributed by atoms with E-state index in [1.54, 1.807) is 0 Å². The molecule has 0 bridgehead atoms. The topological polar surface area (TPSA) is 52.6 Å². The maximum atomic E-state index is 11.0. The van der Waals surface area contributed by atoms with Crippen LogP contribution in [0.15, 0.2) is 12.1 Å². The number of fused-ring (bicyclic) bond motifs is 1. The molecule has 2 N–H and O–H groups in total. The second-order valence-corrected chi connectivity index (χ2v) is 7.92. The normalized spacial score (nSPS) is 15.0. The zero-order valence-electron chi connectivity index (χ0n) is 16.0.